The summed E-state index contributed by atoms with van der Waals surface area (Å²) in [5, 5.41) is 3.63. The molecule has 2 heterocycles. The number of carbonyl (C=O) groups excluding carboxylic acids is 1. The first-order valence-electron chi connectivity index (χ1n) is 7.57. The van der Waals surface area contributed by atoms with Gasteiger partial charge in [-0.15, -0.1) is 11.3 Å². The molecule has 130 valence electrons. The van der Waals surface area contributed by atoms with Crippen LogP contribution in [0.3, 0.4) is 0 Å². The van der Waals surface area contributed by atoms with Crippen molar-refractivity contribution in [2.45, 2.75) is 17.7 Å². The van der Waals surface area contributed by atoms with Crippen molar-refractivity contribution in [3.8, 4) is 0 Å². The highest BCUT2D eigenvalue weighted by atomic mass is 32.2. The number of benzene rings is 1. The molecule has 0 bridgehead atoms. The molecule has 1 amide bonds. The number of carbonyl (C=O) groups is 1. The van der Waals surface area contributed by atoms with Crippen LogP contribution in [0, 0.1) is 6.92 Å². The smallest absolute Gasteiger partial charge is 0.252 e. The molecule has 3 aromatic rings. The average molecular weight is 375 g/mol. The molecule has 0 aliphatic heterocycles. The van der Waals surface area contributed by atoms with E-state index in [0.29, 0.717) is 5.56 Å². The molecule has 0 unspecified atom stereocenters. The van der Waals surface area contributed by atoms with E-state index in [9.17, 15) is 13.2 Å². The second-order valence-electron chi connectivity index (χ2n) is 5.44. The molecule has 2 aromatic heterocycles. The Morgan fingerprint density at radius 1 is 1.20 bits per heavy atom. The van der Waals surface area contributed by atoms with Crippen LogP contribution in [0.25, 0.3) is 10.9 Å². The van der Waals surface area contributed by atoms with Crippen molar-refractivity contribution in [3.05, 3.63) is 58.6 Å². The third kappa shape index (κ3) is 3.71. The number of hydrogen-bond acceptors (Lipinski definition) is 5. The summed E-state index contributed by atoms with van der Waals surface area (Å²) in [5.74, 6) is -0.215. The van der Waals surface area contributed by atoms with Gasteiger partial charge in [0.15, 0.2) is 0 Å². The second kappa shape index (κ2) is 6.91. The molecule has 0 atom stereocenters. The highest BCUT2D eigenvalue weighted by Crippen LogP contribution is 2.22. The number of pyridine rings is 1. The summed E-state index contributed by atoms with van der Waals surface area (Å²) >= 11 is 1.13. The zero-order chi connectivity index (χ0) is 18.0. The lowest BCUT2D eigenvalue weighted by Gasteiger charge is -2.08. The molecule has 8 heteroatoms. The van der Waals surface area contributed by atoms with Crippen LogP contribution in [-0.2, 0) is 16.6 Å². The summed E-state index contributed by atoms with van der Waals surface area (Å²) in [5.41, 5.74) is 2.09. The van der Waals surface area contributed by atoms with Crippen molar-refractivity contribution >= 4 is 38.2 Å². The lowest BCUT2D eigenvalue weighted by Crippen LogP contribution is -2.23. The predicted molar refractivity (Wildman–Crippen MR) is 98.2 cm³/mol. The van der Waals surface area contributed by atoms with Crippen LogP contribution in [-0.4, -0.2) is 26.4 Å². The summed E-state index contributed by atoms with van der Waals surface area (Å²) in [6.07, 6.45) is 0. The van der Waals surface area contributed by atoms with Crippen LogP contribution in [0.5, 0.6) is 0 Å². The van der Waals surface area contributed by atoms with Gasteiger partial charge in [-0.25, -0.2) is 13.1 Å². The van der Waals surface area contributed by atoms with Crippen LogP contribution in [0.2, 0.25) is 0 Å². The topological polar surface area (TPSA) is 88.2 Å². The third-order valence-electron chi connectivity index (χ3n) is 3.68. The molecule has 0 saturated carbocycles. The Kier molecular flexibility index (Phi) is 4.85. The number of para-hydroxylation sites is 1. The molecule has 25 heavy (non-hydrogen) atoms. The number of aryl methyl sites for hydroxylation is 1. The van der Waals surface area contributed by atoms with Gasteiger partial charge in [-0.05, 0) is 38.2 Å². The van der Waals surface area contributed by atoms with Crippen LogP contribution < -0.4 is 10.0 Å². The highest BCUT2D eigenvalue weighted by Gasteiger charge is 2.15. The number of nitrogens with one attached hydrogen (secondary N) is 2. The first-order valence-corrected chi connectivity index (χ1v) is 9.87. The fourth-order valence-corrected chi connectivity index (χ4v) is 4.59. The largest absolute Gasteiger partial charge is 0.347 e. The predicted octanol–water partition coefficient (Wildman–Crippen LogP) is 2.44. The Labute approximate surface area is 150 Å². The standard InChI is InChI=1S/C17H17N3O3S2/c1-11-9-14(13-5-3-4-6-15(13)20-11)17(21)19-10-12-7-8-16(24-12)25(22,23)18-2/h3-9,18H,10H2,1-2H3,(H,19,21). The number of amides is 1. The number of nitrogens with zero attached hydrogens (tertiary/aromatic N) is 1. The molecule has 0 fully saturated rings. The highest BCUT2D eigenvalue weighted by molar-refractivity contribution is 7.91. The van der Waals surface area contributed by atoms with Gasteiger partial charge in [0.1, 0.15) is 4.21 Å². The number of thiophene rings is 1. The first kappa shape index (κ1) is 17.5. The van der Waals surface area contributed by atoms with Crippen molar-refractivity contribution in [2.24, 2.45) is 0 Å². The van der Waals surface area contributed by atoms with Crippen molar-refractivity contribution in [1.29, 1.82) is 0 Å². The van der Waals surface area contributed by atoms with Gasteiger partial charge in [-0.1, -0.05) is 18.2 Å². The molecule has 6 nitrogen and oxygen atoms in total. The van der Waals surface area contributed by atoms with Crippen molar-refractivity contribution in [3.63, 3.8) is 0 Å². The molecule has 0 spiro atoms. The zero-order valence-corrected chi connectivity index (χ0v) is 15.4. The Bertz CT molecular complexity index is 1040. The Hall–Kier alpha value is -2.29. The van der Waals surface area contributed by atoms with Gasteiger partial charge in [0.05, 0.1) is 17.6 Å². The molecule has 2 N–H and O–H groups in total. The summed E-state index contributed by atoms with van der Waals surface area (Å²) in [4.78, 5) is 17.8. The van der Waals surface area contributed by atoms with Crippen molar-refractivity contribution < 1.29 is 13.2 Å². The van der Waals surface area contributed by atoms with Crippen molar-refractivity contribution in [1.82, 2.24) is 15.0 Å². The van der Waals surface area contributed by atoms with Gasteiger partial charge in [-0.2, -0.15) is 0 Å². The van der Waals surface area contributed by atoms with E-state index in [0.717, 1.165) is 32.8 Å². The van der Waals surface area contributed by atoms with Crippen LogP contribution in [0.4, 0.5) is 0 Å². The molecular weight excluding hydrogens is 358 g/mol. The van der Waals surface area contributed by atoms with E-state index in [1.165, 1.54) is 13.1 Å². The quantitative estimate of drug-likeness (QED) is 0.717. The first-order chi connectivity index (χ1) is 11.9. The van der Waals surface area contributed by atoms with Gasteiger partial charge in [0, 0.05) is 16.0 Å². The van der Waals surface area contributed by atoms with Gasteiger partial charge < -0.3 is 5.32 Å². The molecule has 3 rings (SSSR count). The normalized spacial score (nSPS) is 11.6. The lowest BCUT2D eigenvalue weighted by atomic mass is 10.1. The number of sulfonamides is 1. The van der Waals surface area contributed by atoms with Gasteiger partial charge in [-0.3, -0.25) is 9.78 Å². The van der Waals surface area contributed by atoms with Crippen LogP contribution in [0.15, 0.2) is 46.7 Å². The monoisotopic (exact) mass is 375 g/mol. The number of fused-ring (bicyclic) bond motifs is 1. The molecule has 0 radical (unpaired) electrons. The van der Waals surface area contributed by atoms with E-state index in [1.807, 2.05) is 31.2 Å². The number of rotatable bonds is 5. The molecule has 0 saturated heterocycles. The van der Waals surface area contributed by atoms with Crippen molar-refractivity contribution in [2.75, 3.05) is 7.05 Å². The summed E-state index contributed by atoms with van der Waals surface area (Å²) < 4.78 is 26.0. The van der Waals surface area contributed by atoms with E-state index in [-0.39, 0.29) is 16.7 Å². The number of aromatic nitrogens is 1. The SMILES string of the molecule is CNS(=O)(=O)c1ccc(CNC(=O)c2cc(C)nc3ccccc23)s1. The zero-order valence-electron chi connectivity index (χ0n) is 13.7. The summed E-state index contributed by atoms with van der Waals surface area (Å²) in [7, 11) is -2.09. The Balaban J connectivity index is 1.80. The molecule has 1 aromatic carbocycles. The third-order valence-corrected chi connectivity index (χ3v) is 6.67. The van der Waals surface area contributed by atoms with E-state index in [4.69, 9.17) is 0 Å². The minimum atomic E-state index is -3.45. The maximum Gasteiger partial charge on any atom is 0.252 e. The molecule has 0 aliphatic carbocycles. The molecular formula is C17H17N3O3S2. The minimum Gasteiger partial charge on any atom is -0.347 e. The number of hydrogen-bond donors (Lipinski definition) is 2. The van der Waals surface area contributed by atoms with E-state index in [2.05, 4.69) is 15.0 Å². The van der Waals surface area contributed by atoms with Gasteiger partial charge >= 0.3 is 0 Å². The van der Waals surface area contributed by atoms with E-state index < -0.39 is 10.0 Å². The van der Waals surface area contributed by atoms with E-state index >= 15 is 0 Å². The van der Waals surface area contributed by atoms with Gasteiger partial charge in [0.25, 0.3) is 5.91 Å². The maximum atomic E-state index is 12.6. The maximum absolute atomic E-state index is 12.6. The van der Waals surface area contributed by atoms with Crippen LogP contribution in [0.1, 0.15) is 20.9 Å². The van der Waals surface area contributed by atoms with Gasteiger partial charge in [0.2, 0.25) is 10.0 Å². The Morgan fingerprint density at radius 3 is 2.72 bits per heavy atom. The second-order valence-corrected chi connectivity index (χ2v) is 8.72. The summed E-state index contributed by atoms with van der Waals surface area (Å²) in [6.45, 7) is 2.11. The fourth-order valence-electron chi connectivity index (χ4n) is 2.46. The van der Waals surface area contributed by atoms with E-state index in [1.54, 1.807) is 12.1 Å². The Morgan fingerprint density at radius 2 is 1.96 bits per heavy atom. The molecule has 0 aliphatic rings. The fraction of sp³-hybridized carbons (Fsp3) is 0.176. The lowest BCUT2D eigenvalue weighted by molar-refractivity contribution is 0.0953. The summed E-state index contributed by atoms with van der Waals surface area (Å²) in [6, 6.07) is 12.5. The van der Waals surface area contributed by atoms with Crippen LogP contribution >= 0.6 is 11.3 Å². The average Bonchev–Trinajstić information content (AvgIpc) is 3.08. The minimum absolute atomic E-state index is 0.215.